The van der Waals surface area contributed by atoms with Gasteiger partial charge in [-0.15, -0.1) is 0 Å². The van der Waals surface area contributed by atoms with E-state index in [-0.39, 0.29) is 17.8 Å². The summed E-state index contributed by atoms with van der Waals surface area (Å²) in [4.78, 5) is 14.8. The van der Waals surface area contributed by atoms with Crippen LogP contribution in [-0.2, 0) is 22.5 Å². The average molecular weight is 355 g/mol. The molecule has 0 bridgehead atoms. The van der Waals surface area contributed by atoms with Crippen molar-refractivity contribution in [1.29, 1.82) is 0 Å². The summed E-state index contributed by atoms with van der Waals surface area (Å²) in [5.41, 5.74) is 4.12. The number of carbonyl (C=O) groups is 1. The van der Waals surface area contributed by atoms with Crippen LogP contribution in [0.15, 0.2) is 42.5 Å². The summed E-state index contributed by atoms with van der Waals surface area (Å²) >= 11 is 0. The highest BCUT2D eigenvalue weighted by molar-refractivity contribution is 5.79. The molecule has 0 aromatic heterocycles. The highest BCUT2D eigenvalue weighted by atomic mass is 19.1. The Labute approximate surface area is 154 Å². The summed E-state index contributed by atoms with van der Waals surface area (Å²) in [5, 5.41) is 0. The summed E-state index contributed by atoms with van der Waals surface area (Å²) in [6.07, 6.45) is 2.43. The monoisotopic (exact) mass is 355 g/mol. The molecule has 1 unspecified atom stereocenters. The number of ether oxygens (including phenoxy) is 1. The van der Waals surface area contributed by atoms with Crippen molar-refractivity contribution in [2.75, 3.05) is 13.2 Å². The van der Waals surface area contributed by atoms with Gasteiger partial charge in [0, 0.05) is 19.7 Å². The Morgan fingerprint density at radius 1 is 1.23 bits per heavy atom. The zero-order chi connectivity index (χ0) is 18.5. The Kier molecular flexibility index (Phi) is 6.04. The molecule has 0 N–H and O–H groups in total. The Balaban J connectivity index is 1.76. The number of carbonyl (C=O) groups excluding carboxylic acids is 1. The van der Waals surface area contributed by atoms with E-state index in [2.05, 4.69) is 18.2 Å². The lowest BCUT2D eigenvalue weighted by Crippen LogP contribution is -2.38. The zero-order valence-corrected chi connectivity index (χ0v) is 15.5. The standard InChI is InChI=1S/C22H26FNO2/c1-16-8-9-17(2)19(11-16)13-22(25)24(15-21-7-4-10-26-21)14-18-5-3-6-20(23)12-18/h3,5-6,8-9,11-12,21H,4,7,10,13-15H2,1-2H3. The summed E-state index contributed by atoms with van der Waals surface area (Å²) in [6, 6.07) is 12.6. The van der Waals surface area contributed by atoms with Crippen LogP contribution in [0.5, 0.6) is 0 Å². The highest BCUT2D eigenvalue weighted by Crippen LogP contribution is 2.18. The number of hydrogen-bond donors (Lipinski definition) is 0. The minimum atomic E-state index is -0.276. The molecule has 138 valence electrons. The molecule has 26 heavy (non-hydrogen) atoms. The molecular formula is C22H26FNO2. The fraction of sp³-hybridized carbons (Fsp3) is 0.409. The van der Waals surface area contributed by atoms with Crippen molar-refractivity contribution >= 4 is 5.91 Å². The highest BCUT2D eigenvalue weighted by Gasteiger charge is 2.23. The molecule has 0 aliphatic carbocycles. The Hall–Kier alpha value is -2.20. The molecule has 4 heteroatoms. The fourth-order valence-corrected chi connectivity index (χ4v) is 3.41. The normalized spacial score (nSPS) is 16.7. The maximum absolute atomic E-state index is 13.5. The minimum absolute atomic E-state index is 0.0541. The van der Waals surface area contributed by atoms with E-state index in [1.54, 1.807) is 6.07 Å². The zero-order valence-electron chi connectivity index (χ0n) is 15.5. The molecule has 0 spiro atoms. The molecular weight excluding hydrogens is 329 g/mol. The van der Waals surface area contributed by atoms with Gasteiger partial charge in [0.2, 0.25) is 5.91 Å². The second-order valence-electron chi connectivity index (χ2n) is 7.15. The van der Waals surface area contributed by atoms with E-state index in [4.69, 9.17) is 4.74 Å². The number of nitrogens with zero attached hydrogens (tertiary/aromatic N) is 1. The lowest BCUT2D eigenvalue weighted by Gasteiger charge is -2.26. The molecule has 2 aromatic carbocycles. The lowest BCUT2D eigenvalue weighted by atomic mass is 10.0. The van der Waals surface area contributed by atoms with Crippen molar-refractivity contribution in [3.63, 3.8) is 0 Å². The van der Waals surface area contributed by atoms with Crippen LogP contribution < -0.4 is 0 Å². The van der Waals surface area contributed by atoms with Gasteiger partial charge in [0.15, 0.2) is 0 Å². The third-order valence-electron chi connectivity index (χ3n) is 4.91. The van der Waals surface area contributed by atoms with Gasteiger partial charge in [0.1, 0.15) is 5.82 Å². The van der Waals surface area contributed by atoms with Gasteiger partial charge in [-0.1, -0.05) is 35.9 Å². The number of hydrogen-bond acceptors (Lipinski definition) is 2. The van der Waals surface area contributed by atoms with E-state index < -0.39 is 0 Å². The molecule has 1 aliphatic heterocycles. The summed E-state index contributed by atoms with van der Waals surface area (Å²) < 4.78 is 19.3. The van der Waals surface area contributed by atoms with E-state index in [9.17, 15) is 9.18 Å². The number of aryl methyl sites for hydroxylation is 2. The fourth-order valence-electron chi connectivity index (χ4n) is 3.41. The van der Waals surface area contributed by atoms with Crippen LogP contribution in [0.1, 0.15) is 35.1 Å². The third-order valence-corrected chi connectivity index (χ3v) is 4.91. The van der Waals surface area contributed by atoms with Gasteiger partial charge < -0.3 is 9.64 Å². The van der Waals surface area contributed by atoms with Gasteiger partial charge in [-0.2, -0.15) is 0 Å². The van der Waals surface area contributed by atoms with Crippen molar-refractivity contribution in [2.45, 2.75) is 45.8 Å². The molecule has 1 fully saturated rings. The molecule has 0 radical (unpaired) electrons. The quantitative estimate of drug-likeness (QED) is 0.777. The predicted octanol–water partition coefficient (Wildman–Crippen LogP) is 4.19. The SMILES string of the molecule is Cc1ccc(C)c(CC(=O)N(Cc2cccc(F)c2)CC2CCCO2)c1. The van der Waals surface area contributed by atoms with Crippen LogP contribution in [0, 0.1) is 19.7 Å². The topological polar surface area (TPSA) is 29.5 Å². The summed E-state index contributed by atoms with van der Waals surface area (Å²) in [6.45, 7) is 5.77. The number of rotatable bonds is 6. The number of halogens is 1. The lowest BCUT2D eigenvalue weighted by molar-refractivity contribution is -0.132. The first-order valence-electron chi connectivity index (χ1n) is 9.21. The Bertz CT molecular complexity index is 768. The maximum Gasteiger partial charge on any atom is 0.227 e. The molecule has 3 nitrogen and oxygen atoms in total. The van der Waals surface area contributed by atoms with Gasteiger partial charge in [-0.25, -0.2) is 4.39 Å². The van der Waals surface area contributed by atoms with Gasteiger partial charge >= 0.3 is 0 Å². The van der Waals surface area contributed by atoms with E-state index in [1.165, 1.54) is 12.1 Å². The molecule has 2 aromatic rings. The molecule has 0 saturated carbocycles. The molecule has 1 saturated heterocycles. The van der Waals surface area contributed by atoms with Crippen LogP contribution in [0.4, 0.5) is 4.39 Å². The van der Waals surface area contributed by atoms with Crippen LogP contribution in [0.3, 0.4) is 0 Å². The van der Waals surface area contributed by atoms with Crippen LogP contribution in [0.25, 0.3) is 0 Å². The number of benzene rings is 2. The van der Waals surface area contributed by atoms with Crippen molar-refractivity contribution < 1.29 is 13.9 Å². The van der Waals surface area contributed by atoms with Gasteiger partial charge in [-0.3, -0.25) is 4.79 Å². The van der Waals surface area contributed by atoms with Gasteiger partial charge in [-0.05, 0) is 55.5 Å². The van der Waals surface area contributed by atoms with E-state index in [1.807, 2.05) is 24.8 Å². The predicted molar refractivity (Wildman–Crippen MR) is 100 cm³/mol. The molecule has 1 atom stereocenters. The molecule has 1 heterocycles. The summed E-state index contributed by atoms with van der Waals surface area (Å²) in [5.74, 6) is -0.222. The number of amides is 1. The van der Waals surface area contributed by atoms with Crippen LogP contribution in [-0.4, -0.2) is 30.1 Å². The molecule has 1 aliphatic rings. The van der Waals surface area contributed by atoms with Crippen molar-refractivity contribution in [3.05, 3.63) is 70.5 Å². The van der Waals surface area contributed by atoms with Crippen molar-refractivity contribution in [2.24, 2.45) is 0 Å². The van der Waals surface area contributed by atoms with Gasteiger partial charge in [0.25, 0.3) is 0 Å². The second-order valence-corrected chi connectivity index (χ2v) is 7.15. The summed E-state index contributed by atoms with van der Waals surface area (Å²) in [7, 11) is 0. The van der Waals surface area contributed by atoms with Crippen molar-refractivity contribution in [1.82, 2.24) is 4.90 Å². The second kappa shape index (κ2) is 8.45. The van der Waals surface area contributed by atoms with E-state index in [0.717, 1.165) is 41.7 Å². The van der Waals surface area contributed by atoms with Crippen LogP contribution in [0.2, 0.25) is 0 Å². The maximum atomic E-state index is 13.5. The molecule has 1 amide bonds. The Morgan fingerprint density at radius 2 is 2.08 bits per heavy atom. The minimum Gasteiger partial charge on any atom is -0.376 e. The van der Waals surface area contributed by atoms with Gasteiger partial charge in [0.05, 0.1) is 12.5 Å². The van der Waals surface area contributed by atoms with E-state index in [0.29, 0.717) is 19.5 Å². The first kappa shape index (κ1) is 18.6. The first-order chi connectivity index (χ1) is 12.5. The van der Waals surface area contributed by atoms with Crippen LogP contribution >= 0.6 is 0 Å². The first-order valence-corrected chi connectivity index (χ1v) is 9.21. The third kappa shape index (κ3) is 4.92. The largest absolute Gasteiger partial charge is 0.376 e. The van der Waals surface area contributed by atoms with Crippen molar-refractivity contribution in [3.8, 4) is 0 Å². The molecule has 3 rings (SSSR count). The smallest absolute Gasteiger partial charge is 0.227 e. The Morgan fingerprint density at radius 3 is 2.81 bits per heavy atom. The average Bonchev–Trinajstić information content (AvgIpc) is 3.11. The van der Waals surface area contributed by atoms with E-state index >= 15 is 0 Å².